The summed E-state index contributed by atoms with van der Waals surface area (Å²) in [6.07, 6.45) is -4.07. The van der Waals surface area contributed by atoms with Gasteiger partial charge in [-0.25, -0.2) is 8.78 Å². The molecule has 1 aliphatic heterocycles. The molecule has 0 aliphatic carbocycles. The SMILES string of the molecule is O=C(c1cc(C(F)(F)F)[nH]n1)N1CCCN(c2ccc(F)c(F)c2)CC1. The topological polar surface area (TPSA) is 52.2 Å². The maximum Gasteiger partial charge on any atom is 0.432 e. The van der Waals surface area contributed by atoms with Crippen LogP contribution in [0.25, 0.3) is 0 Å². The first-order chi connectivity index (χ1) is 12.3. The third kappa shape index (κ3) is 3.78. The monoisotopic (exact) mass is 374 g/mol. The molecule has 1 aromatic heterocycles. The molecule has 140 valence electrons. The Morgan fingerprint density at radius 2 is 1.81 bits per heavy atom. The fraction of sp³-hybridized carbons (Fsp3) is 0.375. The van der Waals surface area contributed by atoms with E-state index >= 15 is 0 Å². The van der Waals surface area contributed by atoms with Gasteiger partial charge in [0, 0.05) is 44.0 Å². The van der Waals surface area contributed by atoms with Crippen LogP contribution in [0.1, 0.15) is 22.6 Å². The second-order valence-corrected chi connectivity index (χ2v) is 5.90. The van der Waals surface area contributed by atoms with Gasteiger partial charge in [0.05, 0.1) is 0 Å². The molecular weight excluding hydrogens is 359 g/mol. The summed E-state index contributed by atoms with van der Waals surface area (Å²) in [6, 6.07) is 4.23. The lowest BCUT2D eigenvalue weighted by atomic mass is 10.2. The van der Waals surface area contributed by atoms with Crippen LogP contribution in [0.2, 0.25) is 0 Å². The van der Waals surface area contributed by atoms with Crippen molar-refractivity contribution in [1.29, 1.82) is 0 Å². The van der Waals surface area contributed by atoms with E-state index in [1.807, 2.05) is 5.10 Å². The minimum Gasteiger partial charge on any atom is -0.370 e. The number of amides is 1. The number of benzene rings is 1. The van der Waals surface area contributed by atoms with Gasteiger partial charge in [0.25, 0.3) is 5.91 Å². The molecule has 1 aliphatic rings. The number of nitrogens with one attached hydrogen (secondary N) is 1. The zero-order valence-corrected chi connectivity index (χ0v) is 13.5. The van der Waals surface area contributed by atoms with E-state index in [0.29, 0.717) is 37.8 Å². The quantitative estimate of drug-likeness (QED) is 0.822. The number of halogens is 5. The largest absolute Gasteiger partial charge is 0.432 e. The van der Waals surface area contributed by atoms with Crippen LogP contribution < -0.4 is 4.90 Å². The van der Waals surface area contributed by atoms with Crippen molar-refractivity contribution in [3.8, 4) is 0 Å². The Hall–Kier alpha value is -2.65. The molecule has 3 rings (SSSR count). The summed E-state index contributed by atoms with van der Waals surface area (Å²) in [6.45, 7) is 1.40. The summed E-state index contributed by atoms with van der Waals surface area (Å²) in [5, 5.41) is 5.26. The molecule has 0 spiro atoms. The Labute approximate surface area is 145 Å². The van der Waals surface area contributed by atoms with E-state index in [4.69, 9.17) is 0 Å². The van der Waals surface area contributed by atoms with Crippen molar-refractivity contribution in [3.63, 3.8) is 0 Å². The average Bonchev–Trinajstić information content (AvgIpc) is 2.96. The number of hydrogen-bond donors (Lipinski definition) is 1. The van der Waals surface area contributed by atoms with Gasteiger partial charge in [0.15, 0.2) is 17.3 Å². The molecule has 0 radical (unpaired) electrons. The summed E-state index contributed by atoms with van der Waals surface area (Å²) < 4.78 is 64.3. The number of carbonyl (C=O) groups excluding carboxylic acids is 1. The van der Waals surface area contributed by atoms with E-state index in [0.717, 1.165) is 12.1 Å². The van der Waals surface area contributed by atoms with Crippen LogP contribution in [0.3, 0.4) is 0 Å². The van der Waals surface area contributed by atoms with Crippen LogP contribution in [-0.4, -0.2) is 47.2 Å². The average molecular weight is 374 g/mol. The highest BCUT2D eigenvalue weighted by Gasteiger charge is 2.34. The van der Waals surface area contributed by atoms with Gasteiger partial charge < -0.3 is 9.80 Å². The number of H-pyrrole nitrogens is 1. The number of aromatic nitrogens is 2. The summed E-state index contributed by atoms with van der Waals surface area (Å²) in [5.41, 5.74) is -0.907. The number of nitrogens with zero attached hydrogens (tertiary/aromatic N) is 3. The highest BCUT2D eigenvalue weighted by atomic mass is 19.4. The number of carbonyl (C=O) groups is 1. The first-order valence-electron chi connectivity index (χ1n) is 7.87. The van der Waals surface area contributed by atoms with Gasteiger partial charge in [-0.1, -0.05) is 0 Å². The molecule has 0 unspecified atom stereocenters. The predicted molar refractivity (Wildman–Crippen MR) is 82.7 cm³/mol. The van der Waals surface area contributed by atoms with Crippen molar-refractivity contribution in [1.82, 2.24) is 15.1 Å². The predicted octanol–water partition coefficient (Wildman–Crippen LogP) is 3.06. The molecule has 1 aromatic carbocycles. The summed E-state index contributed by atoms with van der Waals surface area (Å²) >= 11 is 0. The number of alkyl halides is 3. The van der Waals surface area contributed by atoms with Gasteiger partial charge in [-0.15, -0.1) is 0 Å². The summed E-state index contributed by atoms with van der Waals surface area (Å²) in [4.78, 5) is 15.6. The van der Waals surface area contributed by atoms with Crippen LogP contribution in [0.4, 0.5) is 27.6 Å². The lowest BCUT2D eigenvalue weighted by molar-refractivity contribution is -0.141. The van der Waals surface area contributed by atoms with E-state index < -0.39 is 29.4 Å². The molecule has 0 saturated carbocycles. The van der Waals surface area contributed by atoms with Crippen LogP contribution >= 0.6 is 0 Å². The fourth-order valence-electron chi connectivity index (χ4n) is 2.80. The van der Waals surface area contributed by atoms with Crippen molar-refractivity contribution in [3.05, 3.63) is 47.3 Å². The molecule has 0 atom stereocenters. The molecule has 2 heterocycles. The second-order valence-electron chi connectivity index (χ2n) is 5.90. The third-order valence-corrected chi connectivity index (χ3v) is 4.15. The van der Waals surface area contributed by atoms with Crippen molar-refractivity contribution >= 4 is 11.6 Å². The number of anilines is 1. The third-order valence-electron chi connectivity index (χ3n) is 4.15. The molecular formula is C16H15F5N4O. The van der Waals surface area contributed by atoms with Crippen LogP contribution in [0.15, 0.2) is 24.3 Å². The first-order valence-corrected chi connectivity index (χ1v) is 7.87. The van der Waals surface area contributed by atoms with E-state index in [9.17, 15) is 26.7 Å². The van der Waals surface area contributed by atoms with Crippen molar-refractivity contribution in [2.45, 2.75) is 12.6 Å². The molecule has 2 aromatic rings. The van der Waals surface area contributed by atoms with Gasteiger partial charge >= 0.3 is 6.18 Å². The molecule has 1 fully saturated rings. The molecule has 26 heavy (non-hydrogen) atoms. The van der Waals surface area contributed by atoms with Gasteiger partial charge in [0.2, 0.25) is 0 Å². The number of rotatable bonds is 2. The van der Waals surface area contributed by atoms with Crippen molar-refractivity contribution < 1.29 is 26.7 Å². The Kier molecular flexibility index (Phi) is 4.84. The highest BCUT2D eigenvalue weighted by Crippen LogP contribution is 2.28. The second kappa shape index (κ2) is 6.93. The number of aromatic amines is 1. The normalized spacial score (nSPS) is 15.9. The van der Waals surface area contributed by atoms with E-state index in [1.165, 1.54) is 11.0 Å². The van der Waals surface area contributed by atoms with Crippen LogP contribution in [0.5, 0.6) is 0 Å². The molecule has 0 bridgehead atoms. The summed E-state index contributed by atoms with van der Waals surface area (Å²) in [7, 11) is 0. The standard InChI is InChI=1S/C16H15F5N4O/c17-11-3-2-10(8-12(11)18)24-4-1-5-25(7-6-24)15(26)13-9-14(23-22-13)16(19,20)21/h2-3,8-9H,1,4-7H2,(H,22,23). The Morgan fingerprint density at radius 3 is 2.46 bits per heavy atom. The maximum atomic E-state index is 13.4. The fourth-order valence-corrected chi connectivity index (χ4v) is 2.80. The van der Waals surface area contributed by atoms with Gasteiger partial charge in [0.1, 0.15) is 5.69 Å². The first kappa shape index (κ1) is 18.2. The molecule has 10 heteroatoms. The lowest BCUT2D eigenvalue weighted by Gasteiger charge is -2.23. The Morgan fingerprint density at radius 1 is 1.04 bits per heavy atom. The molecule has 5 nitrogen and oxygen atoms in total. The van der Waals surface area contributed by atoms with Crippen molar-refractivity contribution in [2.75, 3.05) is 31.1 Å². The maximum absolute atomic E-state index is 13.4. The van der Waals surface area contributed by atoms with E-state index in [1.54, 1.807) is 4.90 Å². The Bertz CT molecular complexity index is 804. The highest BCUT2D eigenvalue weighted by molar-refractivity contribution is 5.92. The van der Waals surface area contributed by atoms with E-state index in [-0.39, 0.29) is 12.2 Å². The molecule has 1 N–H and O–H groups in total. The summed E-state index contributed by atoms with van der Waals surface area (Å²) in [5.74, 6) is -2.51. The smallest absolute Gasteiger partial charge is 0.370 e. The van der Waals surface area contributed by atoms with E-state index in [2.05, 4.69) is 5.10 Å². The van der Waals surface area contributed by atoms with Gasteiger partial charge in [-0.05, 0) is 18.6 Å². The minimum atomic E-state index is -4.60. The van der Waals surface area contributed by atoms with Gasteiger partial charge in [-0.2, -0.15) is 18.3 Å². The zero-order chi connectivity index (χ0) is 18.9. The number of hydrogen-bond acceptors (Lipinski definition) is 3. The molecule has 1 saturated heterocycles. The van der Waals surface area contributed by atoms with Crippen LogP contribution in [0, 0.1) is 11.6 Å². The van der Waals surface area contributed by atoms with Crippen LogP contribution in [-0.2, 0) is 6.18 Å². The van der Waals surface area contributed by atoms with Crippen molar-refractivity contribution in [2.24, 2.45) is 0 Å². The Balaban J connectivity index is 1.69. The lowest BCUT2D eigenvalue weighted by Crippen LogP contribution is -2.35. The zero-order valence-electron chi connectivity index (χ0n) is 13.5. The van der Waals surface area contributed by atoms with Gasteiger partial charge in [-0.3, -0.25) is 9.89 Å². The molecule has 1 amide bonds. The minimum absolute atomic E-state index is 0.228.